The zero-order valence-electron chi connectivity index (χ0n) is 10.5. The first kappa shape index (κ1) is 13.5. The van der Waals surface area contributed by atoms with Crippen molar-refractivity contribution < 1.29 is 4.79 Å². The van der Waals surface area contributed by atoms with Crippen LogP contribution in [0.15, 0.2) is 0 Å². The number of carbonyl (C=O) groups excluding carboxylic acids is 1. The average molecular weight is 226 g/mol. The van der Waals surface area contributed by atoms with E-state index in [9.17, 15) is 4.79 Å². The molecule has 0 bridgehead atoms. The second kappa shape index (κ2) is 7.66. The lowest BCUT2D eigenvalue weighted by Gasteiger charge is -2.29. The van der Waals surface area contributed by atoms with Crippen LogP contribution in [0.25, 0.3) is 0 Å². The molecule has 0 aromatic heterocycles. The lowest BCUT2D eigenvalue weighted by atomic mass is 9.79. The average Bonchev–Trinajstić information content (AvgIpc) is 2.34. The quantitative estimate of drug-likeness (QED) is 0.681. The molecule has 2 atom stereocenters. The second-order valence-corrected chi connectivity index (χ2v) is 4.88. The number of rotatable bonds is 6. The van der Waals surface area contributed by atoms with Crippen molar-refractivity contribution in [3.63, 3.8) is 0 Å². The fourth-order valence-corrected chi connectivity index (χ4v) is 2.55. The molecule has 1 saturated carbocycles. The summed E-state index contributed by atoms with van der Waals surface area (Å²) in [5.74, 6) is 0.839. The molecule has 0 aromatic rings. The van der Waals surface area contributed by atoms with Gasteiger partial charge >= 0.3 is 0 Å². The highest BCUT2D eigenvalue weighted by Crippen LogP contribution is 2.29. The predicted molar refractivity (Wildman–Crippen MR) is 67.0 cm³/mol. The van der Waals surface area contributed by atoms with Gasteiger partial charge in [-0.1, -0.05) is 32.6 Å². The largest absolute Gasteiger partial charge is 0.356 e. The van der Waals surface area contributed by atoms with E-state index >= 15 is 0 Å². The third-order valence-electron chi connectivity index (χ3n) is 3.63. The van der Waals surface area contributed by atoms with Crippen molar-refractivity contribution >= 4 is 5.91 Å². The molecule has 1 rings (SSSR count). The van der Waals surface area contributed by atoms with Crippen LogP contribution in [0.1, 0.15) is 51.9 Å². The van der Waals surface area contributed by atoms with E-state index in [4.69, 9.17) is 5.73 Å². The van der Waals surface area contributed by atoms with Crippen molar-refractivity contribution in [3.8, 4) is 0 Å². The fourth-order valence-electron chi connectivity index (χ4n) is 2.55. The summed E-state index contributed by atoms with van der Waals surface area (Å²) in [6, 6.07) is 0. The minimum absolute atomic E-state index is 0.181. The zero-order chi connectivity index (χ0) is 11.8. The Hall–Kier alpha value is -0.570. The summed E-state index contributed by atoms with van der Waals surface area (Å²) in [4.78, 5) is 12.0. The standard InChI is InChI=1S/C13H26N2O/c1-2-3-6-9-15-13(16)12-8-5-4-7-11(12)10-14/h11-12H,2-10,14H2,1H3,(H,15,16). The minimum Gasteiger partial charge on any atom is -0.356 e. The summed E-state index contributed by atoms with van der Waals surface area (Å²) in [5.41, 5.74) is 5.73. The first-order chi connectivity index (χ1) is 7.79. The normalized spacial score (nSPS) is 25.4. The Morgan fingerprint density at radius 2 is 2.06 bits per heavy atom. The Morgan fingerprint density at radius 3 is 2.75 bits per heavy atom. The van der Waals surface area contributed by atoms with Gasteiger partial charge in [-0.25, -0.2) is 0 Å². The van der Waals surface area contributed by atoms with Gasteiger partial charge in [-0.2, -0.15) is 0 Å². The van der Waals surface area contributed by atoms with E-state index in [1.165, 1.54) is 25.7 Å². The monoisotopic (exact) mass is 226 g/mol. The molecule has 0 aliphatic heterocycles. The van der Waals surface area contributed by atoms with Gasteiger partial charge in [0.2, 0.25) is 5.91 Å². The fraction of sp³-hybridized carbons (Fsp3) is 0.923. The topological polar surface area (TPSA) is 55.1 Å². The van der Waals surface area contributed by atoms with Gasteiger partial charge in [-0.15, -0.1) is 0 Å². The maximum Gasteiger partial charge on any atom is 0.223 e. The molecule has 0 saturated heterocycles. The van der Waals surface area contributed by atoms with Crippen LogP contribution < -0.4 is 11.1 Å². The molecule has 2 unspecified atom stereocenters. The SMILES string of the molecule is CCCCCNC(=O)C1CCCCC1CN. The highest BCUT2D eigenvalue weighted by molar-refractivity contribution is 5.79. The number of hydrogen-bond acceptors (Lipinski definition) is 2. The van der Waals surface area contributed by atoms with Gasteiger partial charge in [0.25, 0.3) is 0 Å². The van der Waals surface area contributed by atoms with Crippen LogP contribution in [0.5, 0.6) is 0 Å². The van der Waals surface area contributed by atoms with E-state index in [0.717, 1.165) is 25.8 Å². The molecular weight excluding hydrogens is 200 g/mol. The maximum absolute atomic E-state index is 12.0. The molecule has 1 aliphatic carbocycles. The lowest BCUT2D eigenvalue weighted by molar-refractivity contribution is -0.127. The second-order valence-electron chi connectivity index (χ2n) is 4.88. The minimum atomic E-state index is 0.181. The van der Waals surface area contributed by atoms with Crippen LogP contribution in [0.3, 0.4) is 0 Å². The Labute approximate surface area is 99.2 Å². The maximum atomic E-state index is 12.0. The van der Waals surface area contributed by atoms with E-state index in [1.807, 2.05) is 0 Å². The van der Waals surface area contributed by atoms with Gasteiger partial charge in [-0.05, 0) is 31.7 Å². The molecule has 1 fully saturated rings. The molecule has 0 spiro atoms. The lowest BCUT2D eigenvalue weighted by Crippen LogP contribution is -2.39. The highest BCUT2D eigenvalue weighted by atomic mass is 16.1. The Balaban J connectivity index is 2.27. The van der Waals surface area contributed by atoms with Crippen LogP contribution >= 0.6 is 0 Å². The number of nitrogens with one attached hydrogen (secondary N) is 1. The number of amides is 1. The Kier molecular flexibility index (Phi) is 6.46. The number of unbranched alkanes of at least 4 members (excludes halogenated alkanes) is 2. The molecule has 3 heteroatoms. The zero-order valence-corrected chi connectivity index (χ0v) is 10.5. The van der Waals surface area contributed by atoms with E-state index in [0.29, 0.717) is 12.5 Å². The highest BCUT2D eigenvalue weighted by Gasteiger charge is 2.29. The summed E-state index contributed by atoms with van der Waals surface area (Å²) >= 11 is 0. The summed E-state index contributed by atoms with van der Waals surface area (Å²) in [7, 11) is 0. The van der Waals surface area contributed by atoms with Gasteiger partial charge in [-0.3, -0.25) is 4.79 Å². The molecule has 0 radical (unpaired) electrons. The molecular formula is C13H26N2O. The third kappa shape index (κ3) is 4.12. The summed E-state index contributed by atoms with van der Waals surface area (Å²) in [5, 5.41) is 3.06. The van der Waals surface area contributed by atoms with Gasteiger partial charge in [0.1, 0.15) is 0 Å². The first-order valence-corrected chi connectivity index (χ1v) is 6.77. The predicted octanol–water partition coefficient (Wildman–Crippen LogP) is 2.06. The van der Waals surface area contributed by atoms with E-state index in [-0.39, 0.29) is 11.8 Å². The van der Waals surface area contributed by atoms with Crippen LogP contribution in [-0.4, -0.2) is 19.0 Å². The van der Waals surface area contributed by atoms with Crippen LogP contribution in [0.2, 0.25) is 0 Å². The van der Waals surface area contributed by atoms with E-state index in [1.54, 1.807) is 0 Å². The number of nitrogens with two attached hydrogens (primary N) is 1. The molecule has 0 heterocycles. The van der Waals surface area contributed by atoms with Gasteiger partial charge in [0.15, 0.2) is 0 Å². The number of hydrogen-bond donors (Lipinski definition) is 2. The van der Waals surface area contributed by atoms with Crippen LogP contribution in [-0.2, 0) is 4.79 Å². The third-order valence-corrected chi connectivity index (χ3v) is 3.63. The number of carbonyl (C=O) groups is 1. The molecule has 94 valence electrons. The van der Waals surface area contributed by atoms with E-state index < -0.39 is 0 Å². The Bertz CT molecular complexity index is 206. The molecule has 3 N–H and O–H groups in total. The van der Waals surface area contributed by atoms with Crippen LogP contribution in [0.4, 0.5) is 0 Å². The van der Waals surface area contributed by atoms with Gasteiger partial charge < -0.3 is 11.1 Å². The smallest absolute Gasteiger partial charge is 0.223 e. The van der Waals surface area contributed by atoms with Crippen molar-refractivity contribution in [1.82, 2.24) is 5.32 Å². The van der Waals surface area contributed by atoms with Crippen molar-refractivity contribution in [2.45, 2.75) is 51.9 Å². The molecule has 3 nitrogen and oxygen atoms in total. The van der Waals surface area contributed by atoms with Crippen molar-refractivity contribution in [2.24, 2.45) is 17.6 Å². The molecule has 1 amide bonds. The van der Waals surface area contributed by atoms with Gasteiger partial charge in [0.05, 0.1) is 0 Å². The molecule has 16 heavy (non-hydrogen) atoms. The molecule has 1 aliphatic rings. The van der Waals surface area contributed by atoms with E-state index in [2.05, 4.69) is 12.2 Å². The first-order valence-electron chi connectivity index (χ1n) is 6.77. The van der Waals surface area contributed by atoms with Crippen molar-refractivity contribution in [1.29, 1.82) is 0 Å². The van der Waals surface area contributed by atoms with Crippen LogP contribution in [0, 0.1) is 11.8 Å². The summed E-state index contributed by atoms with van der Waals surface area (Å²) in [6.45, 7) is 3.67. The van der Waals surface area contributed by atoms with Crippen molar-refractivity contribution in [3.05, 3.63) is 0 Å². The van der Waals surface area contributed by atoms with Gasteiger partial charge in [0, 0.05) is 12.5 Å². The summed E-state index contributed by atoms with van der Waals surface area (Å²) < 4.78 is 0. The summed E-state index contributed by atoms with van der Waals surface area (Å²) in [6.07, 6.45) is 8.08. The Morgan fingerprint density at radius 1 is 1.31 bits per heavy atom. The molecule has 0 aromatic carbocycles. The van der Waals surface area contributed by atoms with Crippen molar-refractivity contribution in [2.75, 3.05) is 13.1 Å².